The molecule has 0 radical (unpaired) electrons. The predicted octanol–water partition coefficient (Wildman–Crippen LogP) is 3.91. The Morgan fingerprint density at radius 3 is 2.88 bits per heavy atom. The molecule has 1 saturated carbocycles. The van der Waals surface area contributed by atoms with Crippen LogP contribution in [-0.2, 0) is 19.4 Å². The molecule has 0 bridgehead atoms. The van der Waals surface area contributed by atoms with Gasteiger partial charge in [0.15, 0.2) is 0 Å². The third-order valence-electron chi connectivity index (χ3n) is 4.74. The summed E-state index contributed by atoms with van der Waals surface area (Å²) in [5.41, 5.74) is 4.00. The number of thiophene rings is 1. The lowest BCUT2D eigenvalue weighted by Crippen LogP contribution is -2.25. The summed E-state index contributed by atoms with van der Waals surface area (Å²) in [6, 6.07) is 0. The van der Waals surface area contributed by atoms with E-state index in [4.69, 9.17) is 0 Å². The van der Waals surface area contributed by atoms with Gasteiger partial charge in [-0.05, 0) is 60.6 Å². The smallest absolute Gasteiger partial charge is 0.0216 e. The fourth-order valence-corrected chi connectivity index (χ4v) is 4.97. The highest BCUT2D eigenvalue weighted by atomic mass is 32.1. The van der Waals surface area contributed by atoms with Crippen LogP contribution in [0.3, 0.4) is 0 Å². The lowest BCUT2D eigenvalue weighted by atomic mass is 9.72. The maximum Gasteiger partial charge on any atom is 0.0216 e. The van der Waals surface area contributed by atoms with Gasteiger partial charge in [0.2, 0.25) is 0 Å². The summed E-state index contributed by atoms with van der Waals surface area (Å²) in [6.45, 7) is 4.34. The normalized spacial score (nSPS) is 21.9. The average molecular weight is 249 g/mol. The molecule has 1 aromatic heterocycles. The second-order valence-electron chi connectivity index (χ2n) is 5.83. The van der Waals surface area contributed by atoms with Gasteiger partial charge in [-0.1, -0.05) is 19.8 Å². The Kier molecular flexibility index (Phi) is 3.27. The molecule has 2 heteroatoms. The minimum absolute atomic E-state index is 0.716. The minimum Gasteiger partial charge on any atom is -0.313 e. The number of nitrogens with one attached hydrogen (secondary N) is 1. The molecule has 1 N–H and O–H groups in total. The zero-order chi connectivity index (χ0) is 11.7. The average Bonchev–Trinajstić information content (AvgIpc) is 2.94. The van der Waals surface area contributed by atoms with Crippen LogP contribution in [-0.4, -0.2) is 6.54 Å². The third-order valence-corrected chi connectivity index (χ3v) is 5.82. The first-order valence-electron chi connectivity index (χ1n) is 7.12. The van der Waals surface area contributed by atoms with Crippen molar-refractivity contribution in [2.75, 3.05) is 6.54 Å². The van der Waals surface area contributed by atoms with Gasteiger partial charge in [-0.3, -0.25) is 0 Å². The molecular weight excluding hydrogens is 226 g/mol. The van der Waals surface area contributed by atoms with Gasteiger partial charge in [0.25, 0.3) is 0 Å². The molecule has 1 fully saturated rings. The fourth-order valence-electron chi connectivity index (χ4n) is 3.69. The zero-order valence-electron chi connectivity index (χ0n) is 10.8. The Bertz CT molecular complexity index is 388. The first kappa shape index (κ1) is 11.7. The number of fused-ring (bicyclic) bond motifs is 1. The van der Waals surface area contributed by atoms with Crippen LogP contribution in [0.2, 0.25) is 0 Å². The SMILES string of the molecule is CCNCc1csc2c1CCC1(CCCC1)C2. The second kappa shape index (κ2) is 4.74. The van der Waals surface area contributed by atoms with Crippen molar-refractivity contribution in [2.45, 2.75) is 58.4 Å². The molecule has 1 aromatic rings. The Hall–Kier alpha value is -0.340. The summed E-state index contributed by atoms with van der Waals surface area (Å²) in [4.78, 5) is 1.71. The van der Waals surface area contributed by atoms with E-state index >= 15 is 0 Å². The zero-order valence-corrected chi connectivity index (χ0v) is 11.7. The van der Waals surface area contributed by atoms with Gasteiger partial charge in [0, 0.05) is 11.4 Å². The van der Waals surface area contributed by atoms with Crippen LogP contribution in [0.25, 0.3) is 0 Å². The number of hydrogen-bond acceptors (Lipinski definition) is 2. The molecule has 2 aliphatic rings. The maximum absolute atomic E-state index is 3.47. The summed E-state index contributed by atoms with van der Waals surface area (Å²) in [5.74, 6) is 0. The van der Waals surface area contributed by atoms with Crippen molar-refractivity contribution < 1.29 is 0 Å². The third kappa shape index (κ3) is 2.17. The van der Waals surface area contributed by atoms with Crippen molar-refractivity contribution in [3.8, 4) is 0 Å². The molecule has 17 heavy (non-hydrogen) atoms. The van der Waals surface area contributed by atoms with Gasteiger partial charge >= 0.3 is 0 Å². The van der Waals surface area contributed by atoms with Crippen LogP contribution in [0.1, 0.15) is 55.0 Å². The van der Waals surface area contributed by atoms with E-state index in [-0.39, 0.29) is 0 Å². The second-order valence-corrected chi connectivity index (χ2v) is 6.79. The highest BCUT2D eigenvalue weighted by Gasteiger charge is 2.37. The van der Waals surface area contributed by atoms with Crippen molar-refractivity contribution in [3.63, 3.8) is 0 Å². The molecule has 1 spiro atoms. The molecule has 1 heterocycles. The van der Waals surface area contributed by atoms with Crippen LogP contribution in [0.4, 0.5) is 0 Å². The van der Waals surface area contributed by atoms with E-state index in [1.54, 1.807) is 16.0 Å². The summed E-state index contributed by atoms with van der Waals surface area (Å²) >= 11 is 2.02. The van der Waals surface area contributed by atoms with E-state index in [9.17, 15) is 0 Å². The summed E-state index contributed by atoms with van der Waals surface area (Å²) < 4.78 is 0. The fraction of sp³-hybridized carbons (Fsp3) is 0.733. The van der Waals surface area contributed by atoms with Crippen LogP contribution in [0, 0.1) is 5.41 Å². The van der Waals surface area contributed by atoms with E-state index in [2.05, 4.69) is 17.6 Å². The van der Waals surface area contributed by atoms with E-state index in [1.807, 2.05) is 11.3 Å². The highest BCUT2D eigenvalue weighted by molar-refractivity contribution is 7.10. The summed E-state index contributed by atoms with van der Waals surface area (Å²) in [6.07, 6.45) is 10.1. The van der Waals surface area contributed by atoms with Crippen molar-refractivity contribution in [1.82, 2.24) is 5.32 Å². The molecule has 94 valence electrons. The molecule has 1 nitrogen and oxygen atoms in total. The Balaban J connectivity index is 1.77. The van der Waals surface area contributed by atoms with Gasteiger partial charge in [-0.2, -0.15) is 0 Å². The van der Waals surface area contributed by atoms with Crippen molar-refractivity contribution in [2.24, 2.45) is 5.41 Å². The Morgan fingerprint density at radius 1 is 1.29 bits per heavy atom. The van der Waals surface area contributed by atoms with Crippen LogP contribution in [0.5, 0.6) is 0 Å². The standard InChI is InChI=1S/C15H23NS/c1-2-16-10-12-11-17-14-9-15(6-3-4-7-15)8-5-13(12)14/h11,16H,2-10H2,1H3. The Morgan fingerprint density at radius 2 is 2.12 bits per heavy atom. The summed E-state index contributed by atoms with van der Waals surface area (Å²) in [7, 11) is 0. The number of rotatable bonds is 3. The highest BCUT2D eigenvalue weighted by Crippen LogP contribution is 2.49. The molecule has 0 aliphatic heterocycles. The molecule has 0 unspecified atom stereocenters. The molecular formula is C15H23NS. The van der Waals surface area contributed by atoms with E-state index < -0.39 is 0 Å². The van der Waals surface area contributed by atoms with E-state index in [1.165, 1.54) is 44.9 Å². The molecule has 2 aliphatic carbocycles. The maximum atomic E-state index is 3.47. The van der Waals surface area contributed by atoms with Crippen molar-refractivity contribution in [1.29, 1.82) is 0 Å². The van der Waals surface area contributed by atoms with Gasteiger partial charge in [0.05, 0.1) is 0 Å². The molecule has 0 atom stereocenters. The van der Waals surface area contributed by atoms with Gasteiger partial charge in [-0.25, -0.2) is 0 Å². The number of hydrogen-bond donors (Lipinski definition) is 1. The van der Waals surface area contributed by atoms with E-state index in [0.717, 1.165) is 13.1 Å². The minimum atomic E-state index is 0.716. The van der Waals surface area contributed by atoms with Crippen LogP contribution >= 0.6 is 11.3 Å². The van der Waals surface area contributed by atoms with E-state index in [0.29, 0.717) is 5.41 Å². The molecule has 0 aromatic carbocycles. The predicted molar refractivity (Wildman–Crippen MR) is 74.6 cm³/mol. The van der Waals surface area contributed by atoms with Crippen LogP contribution < -0.4 is 5.32 Å². The van der Waals surface area contributed by atoms with Crippen molar-refractivity contribution >= 4 is 11.3 Å². The van der Waals surface area contributed by atoms with Gasteiger partial charge in [0.1, 0.15) is 0 Å². The molecule has 0 amide bonds. The molecule has 0 saturated heterocycles. The largest absolute Gasteiger partial charge is 0.313 e. The Labute approximate surface area is 109 Å². The van der Waals surface area contributed by atoms with Crippen molar-refractivity contribution in [3.05, 3.63) is 21.4 Å². The quantitative estimate of drug-likeness (QED) is 0.856. The van der Waals surface area contributed by atoms with Crippen LogP contribution in [0.15, 0.2) is 5.38 Å². The topological polar surface area (TPSA) is 12.0 Å². The summed E-state index contributed by atoms with van der Waals surface area (Å²) in [5, 5.41) is 5.87. The lowest BCUT2D eigenvalue weighted by molar-refractivity contribution is 0.257. The lowest BCUT2D eigenvalue weighted by Gasteiger charge is -2.33. The molecule has 3 rings (SSSR count). The first-order valence-corrected chi connectivity index (χ1v) is 8.00. The first-order chi connectivity index (χ1) is 8.33. The van der Waals surface area contributed by atoms with Gasteiger partial charge < -0.3 is 5.32 Å². The monoisotopic (exact) mass is 249 g/mol. The van der Waals surface area contributed by atoms with Gasteiger partial charge in [-0.15, -0.1) is 11.3 Å².